The summed E-state index contributed by atoms with van der Waals surface area (Å²) in [7, 11) is 0. The highest BCUT2D eigenvalue weighted by Gasteiger charge is 2.28. The van der Waals surface area contributed by atoms with Crippen LogP contribution in [0.1, 0.15) is 39.2 Å². The second kappa shape index (κ2) is 6.94. The van der Waals surface area contributed by atoms with Gasteiger partial charge in [0.25, 0.3) is 0 Å². The van der Waals surface area contributed by atoms with Crippen molar-refractivity contribution < 1.29 is 9.53 Å². The number of amides is 1. The number of carbonyl (C=O) groups excluding carboxylic acids is 1. The zero-order valence-electron chi connectivity index (χ0n) is 15.3. The van der Waals surface area contributed by atoms with E-state index in [1.165, 1.54) is 0 Å². The fourth-order valence-electron chi connectivity index (χ4n) is 3.18. The molecule has 0 saturated carbocycles. The number of piperidine rings is 1. The van der Waals surface area contributed by atoms with Gasteiger partial charge in [0.2, 0.25) is 0 Å². The van der Waals surface area contributed by atoms with Crippen molar-refractivity contribution in [1.29, 1.82) is 0 Å². The maximum atomic E-state index is 12.3. The molecule has 25 heavy (non-hydrogen) atoms. The van der Waals surface area contributed by atoms with Gasteiger partial charge in [-0.2, -0.15) is 0 Å². The molecule has 0 N–H and O–H groups in total. The van der Waals surface area contributed by atoms with Gasteiger partial charge in [-0.05, 0) is 64.2 Å². The van der Waals surface area contributed by atoms with E-state index in [0.29, 0.717) is 12.5 Å². The molecule has 6 nitrogen and oxygen atoms in total. The fraction of sp³-hybridized carbons (Fsp3) is 0.611. The molecular formula is C18H25BrN4O2. The smallest absolute Gasteiger partial charge is 0.410 e. The monoisotopic (exact) mass is 408 g/mol. The van der Waals surface area contributed by atoms with Crippen molar-refractivity contribution in [3.8, 4) is 0 Å². The van der Waals surface area contributed by atoms with E-state index in [-0.39, 0.29) is 6.09 Å². The van der Waals surface area contributed by atoms with Crippen LogP contribution in [0.25, 0.3) is 11.0 Å². The zero-order chi connectivity index (χ0) is 18.2. The first-order valence-corrected chi connectivity index (χ1v) is 9.49. The molecule has 1 atom stereocenters. The Bertz CT molecular complexity index is 781. The molecular weight excluding hydrogens is 384 g/mol. The third-order valence-corrected chi connectivity index (χ3v) is 5.25. The summed E-state index contributed by atoms with van der Waals surface area (Å²) in [5.74, 6) is 0.353. The van der Waals surface area contributed by atoms with Crippen molar-refractivity contribution in [3.05, 3.63) is 22.2 Å². The van der Waals surface area contributed by atoms with Gasteiger partial charge in [-0.1, -0.05) is 21.1 Å². The molecule has 0 radical (unpaired) electrons. The molecule has 1 saturated heterocycles. The van der Waals surface area contributed by atoms with E-state index in [4.69, 9.17) is 4.74 Å². The van der Waals surface area contributed by atoms with Crippen molar-refractivity contribution in [1.82, 2.24) is 19.9 Å². The van der Waals surface area contributed by atoms with Gasteiger partial charge in [-0.3, -0.25) is 0 Å². The van der Waals surface area contributed by atoms with Crippen LogP contribution in [-0.2, 0) is 11.3 Å². The molecule has 1 aliphatic rings. The van der Waals surface area contributed by atoms with Crippen LogP contribution in [-0.4, -0.2) is 44.7 Å². The number of likely N-dealkylation sites (tertiary alicyclic amines) is 1. The highest BCUT2D eigenvalue weighted by molar-refractivity contribution is 9.10. The first kappa shape index (κ1) is 18.2. The number of nitrogens with zero attached hydrogens (tertiary/aromatic N) is 4. The maximum absolute atomic E-state index is 12.3. The summed E-state index contributed by atoms with van der Waals surface area (Å²) in [6, 6.07) is 4.11. The molecule has 0 aliphatic carbocycles. The Labute approximate surface area is 156 Å². The summed E-state index contributed by atoms with van der Waals surface area (Å²) in [5.41, 5.74) is 2.61. The average molecular weight is 409 g/mol. The molecule has 1 fully saturated rings. The number of ether oxygens (including phenoxy) is 1. The lowest BCUT2D eigenvalue weighted by molar-refractivity contribution is 0.0155. The molecule has 0 bridgehead atoms. The summed E-state index contributed by atoms with van der Waals surface area (Å²) in [4.78, 5) is 14.1. The van der Waals surface area contributed by atoms with Crippen molar-refractivity contribution in [2.45, 2.75) is 52.7 Å². The minimum Gasteiger partial charge on any atom is -0.444 e. The minimum atomic E-state index is -0.462. The first-order chi connectivity index (χ1) is 11.7. The lowest BCUT2D eigenvalue weighted by atomic mass is 9.98. The molecule has 1 amide bonds. The van der Waals surface area contributed by atoms with Gasteiger partial charge in [-0.25, -0.2) is 9.48 Å². The largest absolute Gasteiger partial charge is 0.444 e. The van der Waals surface area contributed by atoms with Gasteiger partial charge in [-0.15, -0.1) is 5.10 Å². The number of benzene rings is 1. The van der Waals surface area contributed by atoms with Crippen molar-refractivity contribution >= 4 is 33.1 Å². The first-order valence-electron chi connectivity index (χ1n) is 8.70. The number of carbonyl (C=O) groups is 1. The van der Waals surface area contributed by atoms with Crippen LogP contribution in [0, 0.1) is 12.8 Å². The third-order valence-electron chi connectivity index (χ3n) is 4.40. The van der Waals surface area contributed by atoms with Crippen LogP contribution in [0.3, 0.4) is 0 Å². The van der Waals surface area contributed by atoms with Crippen LogP contribution in [0.5, 0.6) is 0 Å². The highest BCUT2D eigenvalue weighted by atomic mass is 79.9. The van der Waals surface area contributed by atoms with Gasteiger partial charge in [0, 0.05) is 24.1 Å². The molecule has 1 aliphatic heterocycles. The summed E-state index contributed by atoms with van der Waals surface area (Å²) in [5, 5.41) is 8.59. The molecule has 2 heterocycles. The van der Waals surface area contributed by atoms with E-state index in [9.17, 15) is 4.79 Å². The van der Waals surface area contributed by atoms with E-state index >= 15 is 0 Å². The summed E-state index contributed by atoms with van der Waals surface area (Å²) in [6.07, 6.45) is 1.84. The second-order valence-corrected chi connectivity index (χ2v) is 8.65. The zero-order valence-corrected chi connectivity index (χ0v) is 16.8. The number of fused-ring (bicyclic) bond motifs is 1. The lowest BCUT2D eigenvalue weighted by Gasteiger charge is -2.34. The standard InChI is InChI=1S/C18H25BrN4O2/c1-12-8-15-16(9-14(12)19)23(21-20-15)11-13-6-5-7-22(10-13)17(24)25-18(2,3)4/h8-9,13H,5-7,10-11H2,1-4H3. The van der Waals surface area contributed by atoms with Crippen LogP contribution in [0.15, 0.2) is 16.6 Å². The van der Waals surface area contributed by atoms with Gasteiger partial charge < -0.3 is 9.64 Å². The lowest BCUT2D eigenvalue weighted by Crippen LogP contribution is -2.43. The molecule has 7 heteroatoms. The van der Waals surface area contributed by atoms with Gasteiger partial charge in [0.05, 0.1) is 5.52 Å². The summed E-state index contributed by atoms with van der Waals surface area (Å²) >= 11 is 3.58. The van der Waals surface area contributed by atoms with E-state index in [2.05, 4.69) is 32.3 Å². The van der Waals surface area contributed by atoms with Gasteiger partial charge in [0.1, 0.15) is 11.1 Å². The predicted molar refractivity (Wildman–Crippen MR) is 100 cm³/mol. The van der Waals surface area contributed by atoms with Crippen molar-refractivity contribution in [3.63, 3.8) is 0 Å². The molecule has 0 spiro atoms. The Morgan fingerprint density at radius 3 is 2.88 bits per heavy atom. The number of halogens is 1. The predicted octanol–water partition coefficient (Wildman–Crippen LogP) is 4.15. The highest BCUT2D eigenvalue weighted by Crippen LogP contribution is 2.25. The molecule has 3 rings (SSSR count). The molecule has 136 valence electrons. The Morgan fingerprint density at radius 2 is 2.16 bits per heavy atom. The second-order valence-electron chi connectivity index (χ2n) is 7.80. The Hall–Kier alpha value is -1.63. The topological polar surface area (TPSA) is 60.2 Å². The SMILES string of the molecule is Cc1cc2nnn(CC3CCCN(C(=O)OC(C)(C)C)C3)c2cc1Br. The number of hydrogen-bond donors (Lipinski definition) is 0. The molecule has 1 aromatic heterocycles. The number of aryl methyl sites for hydroxylation is 1. The van der Waals surface area contributed by atoms with Crippen LogP contribution >= 0.6 is 15.9 Å². The Morgan fingerprint density at radius 1 is 1.40 bits per heavy atom. The Balaban J connectivity index is 1.71. The third kappa shape index (κ3) is 4.32. The van der Waals surface area contributed by atoms with Crippen molar-refractivity contribution in [2.24, 2.45) is 5.92 Å². The maximum Gasteiger partial charge on any atom is 0.410 e. The summed E-state index contributed by atoms with van der Waals surface area (Å²) in [6.45, 7) is 9.94. The quantitative estimate of drug-likeness (QED) is 0.748. The summed E-state index contributed by atoms with van der Waals surface area (Å²) < 4.78 is 8.51. The van der Waals surface area contributed by atoms with Crippen LogP contribution < -0.4 is 0 Å². The minimum absolute atomic E-state index is 0.223. The number of hydrogen-bond acceptors (Lipinski definition) is 4. The van der Waals surface area contributed by atoms with E-state index in [1.54, 1.807) is 0 Å². The molecule has 1 aromatic carbocycles. The molecule has 1 unspecified atom stereocenters. The fourth-order valence-corrected chi connectivity index (χ4v) is 3.51. The van der Waals surface area contributed by atoms with E-state index in [0.717, 1.165) is 47.0 Å². The van der Waals surface area contributed by atoms with Crippen LogP contribution in [0.4, 0.5) is 4.79 Å². The van der Waals surface area contributed by atoms with E-state index in [1.807, 2.05) is 43.3 Å². The number of rotatable bonds is 2. The van der Waals surface area contributed by atoms with Crippen LogP contribution in [0.2, 0.25) is 0 Å². The number of aromatic nitrogens is 3. The Kier molecular flexibility index (Phi) is 5.04. The van der Waals surface area contributed by atoms with Gasteiger partial charge in [0.15, 0.2) is 0 Å². The normalized spacial score (nSPS) is 18.6. The molecule has 2 aromatic rings. The average Bonchev–Trinajstić information content (AvgIpc) is 2.88. The van der Waals surface area contributed by atoms with Gasteiger partial charge >= 0.3 is 6.09 Å². The van der Waals surface area contributed by atoms with Crippen molar-refractivity contribution in [2.75, 3.05) is 13.1 Å². The van der Waals surface area contributed by atoms with E-state index < -0.39 is 5.60 Å².